The monoisotopic (exact) mass is 662 g/mol. The minimum absolute atomic E-state index is 0.186. The Kier molecular flexibility index (Phi) is 6.08. The fourth-order valence-corrected chi connectivity index (χ4v) is 9.36. The molecular formula is C51H34O. The standard InChI is InChI=1S/C51H34O/c1-51(2)43-23-13-12-22-40(43)48-47-41-29-28-31-14-6-7-17-35(31)50(41)52-44(47)30-42(49(48)51)32-24-26-34(27-25-32)46-38-20-10-8-18-36(38)45(33-15-4-3-5-16-33)37-19-9-11-21-39(37)46/h3-30H,1-2H3. The molecule has 0 aliphatic heterocycles. The second-order valence-electron chi connectivity index (χ2n) is 14.8. The van der Waals surface area contributed by atoms with Crippen LogP contribution in [0, 0.1) is 0 Å². The van der Waals surface area contributed by atoms with Gasteiger partial charge >= 0.3 is 0 Å². The van der Waals surface area contributed by atoms with Crippen LogP contribution in [0.25, 0.3) is 98.8 Å². The van der Waals surface area contributed by atoms with Crippen LogP contribution in [0.2, 0.25) is 0 Å². The maximum atomic E-state index is 6.87. The Morgan fingerprint density at radius 3 is 1.62 bits per heavy atom. The summed E-state index contributed by atoms with van der Waals surface area (Å²) in [5.41, 5.74) is 14.5. The molecule has 0 spiro atoms. The zero-order chi connectivity index (χ0) is 34.6. The molecule has 9 aromatic carbocycles. The van der Waals surface area contributed by atoms with Crippen LogP contribution in [0.15, 0.2) is 174 Å². The molecule has 10 aromatic rings. The van der Waals surface area contributed by atoms with E-state index in [1.54, 1.807) is 0 Å². The highest BCUT2D eigenvalue weighted by Gasteiger charge is 2.40. The molecule has 11 rings (SSSR count). The third kappa shape index (κ3) is 3.99. The first-order valence-corrected chi connectivity index (χ1v) is 18.2. The summed E-state index contributed by atoms with van der Waals surface area (Å²) in [6.45, 7) is 4.76. The first-order valence-electron chi connectivity index (χ1n) is 18.2. The van der Waals surface area contributed by atoms with Crippen LogP contribution in [-0.2, 0) is 5.41 Å². The third-order valence-electron chi connectivity index (χ3n) is 11.6. The van der Waals surface area contributed by atoms with E-state index in [0.29, 0.717) is 0 Å². The molecule has 1 heteroatoms. The smallest absolute Gasteiger partial charge is 0.143 e. The van der Waals surface area contributed by atoms with E-state index in [-0.39, 0.29) is 5.41 Å². The summed E-state index contributed by atoms with van der Waals surface area (Å²) in [4.78, 5) is 0. The zero-order valence-corrected chi connectivity index (χ0v) is 29.1. The van der Waals surface area contributed by atoms with Gasteiger partial charge in [0.25, 0.3) is 0 Å². The molecule has 0 bridgehead atoms. The summed E-state index contributed by atoms with van der Waals surface area (Å²) in [5, 5.41) is 9.81. The van der Waals surface area contributed by atoms with E-state index < -0.39 is 0 Å². The van der Waals surface area contributed by atoms with Gasteiger partial charge in [0.1, 0.15) is 11.2 Å². The van der Waals surface area contributed by atoms with Gasteiger partial charge in [-0.25, -0.2) is 0 Å². The van der Waals surface area contributed by atoms with Crippen molar-refractivity contribution in [3.8, 4) is 44.5 Å². The van der Waals surface area contributed by atoms with Gasteiger partial charge in [-0.05, 0) is 94.7 Å². The molecular weight excluding hydrogens is 629 g/mol. The SMILES string of the molecule is CC1(C)c2ccccc2-c2c1c(-c1ccc(-c3c4ccccc4c(-c4ccccc4)c4ccccc34)cc1)cc1oc3c4ccccc4ccc3c21. The molecule has 1 aromatic heterocycles. The lowest BCUT2D eigenvalue weighted by molar-refractivity contribution is 0.659. The van der Waals surface area contributed by atoms with E-state index in [9.17, 15) is 0 Å². The summed E-state index contributed by atoms with van der Waals surface area (Å²) in [6, 6.07) is 62.2. The van der Waals surface area contributed by atoms with E-state index in [1.165, 1.54) is 93.3 Å². The lowest BCUT2D eigenvalue weighted by atomic mass is 9.78. The largest absolute Gasteiger partial charge is 0.455 e. The van der Waals surface area contributed by atoms with Crippen molar-refractivity contribution in [3.63, 3.8) is 0 Å². The van der Waals surface area contributed by atoms with Gasteiger partial charge < -0.3 is 4.42 Å². The summed E-state index contributed by atoms with van der Waals surface area (Å²) in [7, 11) is 0. The topological polar surface area (TPSA) is 13.1 Å². The van der Waals surface area contributed by atoms with Crippen LogP contribution in [0.5, 0.6) is 0 Å². The predicted molar refractivity (Wildman–Crippen MR) is 220 cm³/mol. The van der Waals surface area contributed by atoms with Crippen LogP contribution >= 0.6 is 0 Å². The van der Waals surface area contributed by atoms with Crippen LogP contribution < -0.4 is 0 Å². The van der Waals surface area contributed by atoms with Gasteiger partial charge in [-0.15, -0.1) is 0 Å². The van der Waals surface area contributed by atoms with Gasteiger partial charge in [0.15, 0.2) is 0 Å². The van der Waals surface area contributed by atoms with Crippen LogP contribution in [0.1, 0.15) is 25.0 Å². The number of hydrogen-bond acceptors (Lipinski definition) is 1. The van der Waals surface area contributed by atoms with Crippen molar-refractivity contribution >= 4 is 54.3 Å². The average molecular weight is 663 g/mol. The van der Waals surface area contributed by atoms with Crippen molar-refractivity contribution < 1.29 is 4.42 Å². The lowest BCUT2D eigenvalue weighted by Crippen LogP contribution is -2.16. The Bertz CT molecular complexity index is 3010. The van der Waals surface area contributed by atoms with Gasteiger partial charge in [-0.2, -0.15) is 0 Å². The van der Waals surface area contributed by atoms with Crippen molar-refractivity contribution in [1.29, 1.82) is 0 Å². The number of hydrogen-bond donors (Lipinski definition) is 0. The van der Waals surface area contributed by atoms with E-state index in [4.69, 9.17) is 4.42 Å². The molecule has 0 saturated carbocycles. The molecule has 1 aliphatic carbocycles. The Morgan fingerprint density at radius 1 is 0.404 bits per heavy atom. The number of furan rings is 1. The second-order valence-corrected chi connectivity index (χ2v) is 14.8. The summed E-state index contributed by atoms with van der Waals surface area (Å²) in [6.07, 6.45) is 0. The molecule has 0 N–H and O–H groups in total. The molecule has 0 amide bonds. The predicted octanol–water partition coefficient (Wildman–Crippen LogP) is 14.4. The van der Waals surface area contributed by atoms with Crippen LogP contribution in [-0.4, -0.2) is 0 Å². The quantitative estimate of drug-likeness (QED) is 0.172. The lowest BCUT2D eigenvalue weighted by Gasteiger charge is -2.25. The van der Waals surface area contributed by atoms with Crippen LogP contribution in [0.4, 0.5) is 0 Å². The fraction of sp³-hybridized carbons (Fsp3) is 0.0588. The van der Waals surface area contributed by atoms with Gasteiger partial charge in [0.05, 0.1) is 0 Å². The highest BCUT2D eigenvalue weighted by Crippen LogP contribution is 2.56. The minimum atomic E-state index is -0.186. The Balaban J connectivity index is 1.16. The second kappa shape index (κ2) is 10.8. The fourth-order valence-electron chi connectivity index (χ4n) is 9.36. The molecule has 1 nitrogen and oxygen atoms in total. The van der Waals surface area contributed by atoms with Crippen molar-refractivity contribution in [1.82, 2.24) is 0 Å². The molecule has 0 fully saturated rings. The molecule has 0 atom stereocenters. The van der Waals surface area contributed by atoms with E-state index >= 15 is 0 Å². The van der Waals surface area contributed by atoms with Gasteiger partial charge in [-0.1, -0.05) is 172 Å². The summed E-state index contributed by atoms with van der Waals surface area (Å²) >= 11 is 0. The normalized spacial score (nSPS) is 13.3. The third-order valence-corrected chi connectivity index (χ3v) is 11.6. The zero-order valence-electron chi connectivity index (χ0n) is 29.1. The van der Waals surface area contributed by atoms with E-state index in [0.717, 1.165) is 16.6 Å². The van der Waals surface area contributed by atoms with Crippen molar-refractivity contribution in [2.45, 2.75) is 19.3 Å². The highest BCUT2D eigenvalue weighted by molar-refractivity contribution is 6.23. The average Bonchev–Trinajstić information content (AvgIpc) is 3.69. The first-order chi connectivity index (χ1) is 25.6. The maximum absolute atomic E-state index is 6.87. The summed E-state index contributed by atoms with van der Waals surface area (Å²) < 4.78 is 6.87. The van der Waals surface area contributed by atoms with Gasteiger partial charge in [-0.3, -0.25) is 0 Å². The number of benzene rings is 9. The highest BCUT2D eigenvalue weighted by atomic mass is 16.3. The number of fused-ring (bicyclic) bond motifs is 11. The van der Waals surface area contributed by atoms with Crippen molar-refractivity contribution in [2.24, 2.45) is 0 Å². The molecule has 1 heterocycles. The van der Waals surface area contributed by atoms with E-state index in [1.807, 2.05) is 0 Å². The van der Waals surface area contributed by atoms with Crippen molar-refractivity contribution in [3.05, 3.63) is 181 Å². The summed E-state index contributed by atoms with van der Waals surface area (Å²) in [5.74, 6) is 0. The van der Waals surface area contributed by atoms with Crippen molar-refractivity contribution in [2.75, 3.05) is 0 Å². The maximum Gasteiger partial charge on any atom is 0.143 e. The Hall–Kier alpha value is -6.44. The number of rotatable bonds is 3. The van der Waals surface area contributed by atoms with E-state index in [2.05, 4.69) is 184 Å². The Labute approximate surface area is 302 Å². The van der Waals surface area contributed by atoms with Gasteiger partial charge in [0, 0.05) is 21.6 Å². The first kappa shape index (κ1) is 29.3. The Morgan fingerprint density at radius 2 is 0.942 bits per heavy atom. The molecule has 0 unspecified atom stereocenters. The van der Waals surface area contributed by atoms with Gasteiger partial charge in [0.2, 0.25) is 0 Å². The molecule has 244 valence electrons. The molecule has 0 saturated heterocycles. The van der Waals surface area contributed by atoms with Crippen LogP contribution in [0.3, 0.4) is 0 Å². The molecule has 52 heavy (non-hydrogen) atoms. The molecule has 1 aliphatic rings. The molecule has 0 radical (unpaired) electrons. The minimum Gasteiger partial charge on any atom is -0.455 e.